The zero-order valence-electron chi connectivity index (χ0n) is 8.58. The third-order valence-electron chi connectivity index (χ3n) is 2.22. The first-order valence-electron chi connectivity index (χ1n) is 4.77. The molecule has 1 aromatic heterocycles. The molecule has 84 valence electrons. The maximum atomic E-state index is 6.09. The van der Waals surface area contributed by atoms with Gasteiger partial charge in [0.25, 0.3) is 0 Å². The summed E-state index contributed by atoms with van der Waals surface area (Å²) in [6.45, 7) is 2.03. The van der Waals surface area contributed by atoms with Gasteiger partial charge in [0, 0.05) is 5.38 Å². The molecule has 0 saturated carbocycles. The van der Waals surface area contributed by atoms with Gasteiger partial charge in [-0.05, 0) is 19.1 Å². The molecule has 1 aromatic carbocycles. The van der Waals surface area contributed by atoms with Crippen LogP contribution in [0.3, 0.4) is 0 Å². The highest BCUT2D eigenvalue weighted by Gasteiger charge is 2.10. The van der Waals surface area contributed by atoms with Crippen molar-refractivity contribution in [2.24, 2.45) is 0 Å². The Morgan fingerprint density at radius 2 is 2.19 bits per heavy atom. The molecule has 0 fully saturated rings. The fraction of sp³-hybridized carbons (Fsp3) is 0.182. The number of nitrogens with one attached hydrogen (secondary N) is 1. The van der Waals surface area contributed by atoms with Gasteiger partial charge in [-0.15, -0.1) is 11.3 Å². The second-order valence-electron chi connectivity index (χ2n) is 3.38. The highest BCUT2D eigenvalue weighted by molar-refractivity contribution is 7.07. The Morgan fingerprint density at radius 3 is 2.88 bits per heavy atom. The Balaban J connectivity index is 2.18. The number of benzene rings is 1. The third kappa shape index (κ3) is 2.48. The van der Waals surface area contributed by atoms with Crippen LogP contribution in [0.4, 0.5) is 5.69 Å². The van der Waals surface area contributed by atoms with Crippen LogP contribution >= 0.6 is 34.5 Å². The summed E-state index contributed by atoms with van der Waals surface area (Å²) in [5, 5.41) is 6.39. The van der Waals surface area contributed by atoms with Crippen molar-refractivity contribution in [3.63, 3.8) is 0 Å². The van der Waals surface area contributed by atoms with E-state index >= 15 is 0 Å². The molecule has 0 spiro atoms. The fourth-order valence-corrected chi connectivity index (χ4v) is 2.36. The largest absolute Gasteiger partial charge is 0.376 e. The van der Waals surface area contributed by atoms with Crippen LogP contribution in [0, 0.1) is 0 Å². The molecule has 0 aliphatic rings. The van der Waals surface area contributed by atoms with E-state index in [1.807, 2.05) is 29.9 Å². The molecule has 1 N–H and O–H groups in total. The lowest BCUT2D eigenvalue weighted by molar-refractivity contribution is 0.850. The molecular weight excluding hydrogens is 263 g/mol. The number of nitrogens with zero attached hydrogens (tertiary/aromatic N) is 1. The van der Waals surface area contributed by atoms with Crippen LogP contribution in [0.1, 0.15) is 18.7 Å². The molecule has 16 heavy (non-hydrogen) atoms. The van der Waals surface area contributed by atoms with Gasteiger partial charge in [-0.3, -0.25) is 0 Å². The van der Waals surface area contributed by atoms with E-state index in [4.69, 9.17) is 23.2 Å². The van der Waals surface area contributed by atoms with Gasteiger partial charge in [-0.2, -0.15) is 0 Å². The van der Waals surface area contributed by atoms with Gasteiger partial charge in [0.05, 0.1) is 33.0 Å². The molecule has 2 aromatic rings. The molecule has 0 amide bonds. The van der Waals surface area contributed by atoms with Gasteiger partial charge in [-0.25, -0.2) is 4.98 Å². The van der Waals surface area contributed by atoms with Crippen LogP contribution < -0.4 is 5.32 Å². The molecular formula is C11H10Cl2N2S. The van der Waals surface area contributed by atoms with Gasteiger partial charge in [0.15, 0.2) is 0 Å². The molecule has 1 unspecified atom stereocenters. The zero-order chi connectivity index (χ0) is 11.5. The summed E-state index contributed by atoms with van der Waals surface area (Å²) in [6.07, 6.45) is 0. The number of hydrogen-bond acceptors (Lipinski definition) is 3. The van der Waals surface area contributed by atoms with Crippen LogP contribution in [0.2, 0.25) is 10.0 Å². The Kier molecular flexibility index (Phi) is 3.69. The molecule has 2 nitrogen and oxygen atoms in total. The quantitative estimate of drug-likeness (QED) is 0.882. The molecule has 0 radical (unpaired) electrons. The van der Waals surface area contributed by atoms with E-state index in [-0.39, 0.29) is 6.04 Å². The van der Waals surface area contributed by atoms with Crippen molar-refractivity contribution < 1.29 is 0 Å². The van der Waals surface area contributed by atoms with E-state index in [0.717, 1.165) is 11.4 Å². The number of halogens is 2. The van der Waals surface area contributed by atoms with Crippen molar-refractivity contribution in [3.8, 4) is 0 Å². The number of aromatic nitrogens is 1. The third-order valence-corrected chi connectivity index (χ3v) is 3.64. The summed E-state index contributed by atoms with van der Waals surface area (Å²) in [4.78, 5) is 4.24. The Hall–Kier alpha value is -0.770. The normalized spacial score (nSPS) is 12.4. The van der Waals surface area contributed by atoms with Crippen molar-refractivity contribution >= 4 is 40.2 Å². The molecule has 2 rings (SSSR count). The summed E-state index contributed by atoms with van der Waals surface area (Å²) in [5.74, 6) is 0. The molecule has 0 aliphatic heterocycles. The van der Waals surface area contributed by atoms with Crippen molar-refractivity contribution in [3.05, 3.63) is 44.8 Å². The first-order valence-corrected chi connectivity index (χ1v) is 6.47. The van der Waals surface area contributed by atoms with Gasteiger partial charge in [-0.1, -0.05) is 29.3 Å². The number of thiazole rings is 1. The molecule has 5 heteroatoms. The molecule has 1 atom stereocenters. The van der Waals surface area contributed by atoms with E-state index in [1.165, 1.54) is 0 Å². The van der Waals surface area contributed by atoms with Gasteiger partial charge in [0.2, 0.25) is 0 Å². The first kappa shape index (κ1) is 11.7. The second-order valence-corrected chi connectivity index (χ2v) is 4.88. The lowest BCUT2D eigenvalue weighted by Gasteiger charge is -2.14. The van der Waals surface area contributed by atoms with Crippen LogP contribution in [-0.2, 0) is 0 Å². The zero-order valence-corrected chi connectivity index (χ0v) is 10.9. The predicted molar refractivity (Wildman–Crippen MR) is 70.6 cm³/mol. The molecule has 0 bridgehead atoms. The number of hydrogen-bond donors (Lipinski definition) is 1. The summed E-state index contributed by atoms with van der Waals surface area (Å²) in [6, 6.07) is 5.64. The lowest BCUT2D eigenvalue weighted by atomic mass is 10.2. The van der Waals surface area contributed by atoms with Crippen LogP contribution in [0.5, 0.6) is 0 Å². The minimum absolute atomic E-state index is 0.113. The number of anilines is 1. The van der Waals surface area contributed by atoms with Crippen LogP contribution in [0.25, 0.3) is 0 Å². The average Bonchev–Trinajstić information content (AvgIpc) is 2.78. The Labute approximate surface area is 108 Å². The predicted octanol–water partition coefficient (Wildman–Crippen LogP) is 4.62. The van der Waals surface area contributed by atoms with E-state index in [1.54, 1.807) is 17.4 Å². The second kappa shape index (κ2) is 5.04. The van der Waals surface area contributed by atoms with Crippen molar-refractivity contribution in [2.75, 3.05) is 5.32 Å². The maximum Gasteiger partial charge on any atom is 0.0823 e. The van der Waals surface area contributed by atoms with Crippen molar-refractivity contribution in [1.29, 1.82) is 0 Å². The first-order chi connectivity index (χ1) is 7.68. The molecule has 1 heterocycles. The Morgan fingerprint density at radius 1 is 1.38 bits per heavy atom. The Bertz CT molecular complexity index is 471. The monoisotopic (exact) mass is 272 g/mol. The van der Waals surface area contributed by atoms with E-state index in [9.17, 15) is 0 Å². The smallest absolute Gasteiger partial charge is 0.0823 e. The molecule has 0 saturated heterocycles. The standard InChI is InChI=1S/C11H10Cl2N2S/c1-7(10-5-16-6-14-10)15-9-4-2-3-8(12)11(9)13/h2-7,15H,1H3. The summed E-state index contributed by atoms with van der Waals surface area (Å²) in [7, 11) is 0. The number of rotatable bonds is 3. The summed E-state index contributed by atoms with van der Waals surface area (Å²) in [5.41, 5.74) is 3.64. The van der Waals surface area contributed by atoms with Crippen LogP contribution in [-0.4, -0.2) is 4.98 Å². The molecule has 0 aliphatic carbocycles. The fourth-order valence-electron chi connectivity index (χ4n) is 1.36. The SMILES string of the molecule is CC(Nc1cccc(Cl)c1Cl)c1cscn1. The minimum atomic E-state index is 0.113. The van der Waals surface area contributed by atoms with Gasteiger partial charge in [0.1, 0.15) is 0 Å². The van der Waals surface area contributed by atoms with E-state index in [0.29, 0.717) is 10.0 Å². The van der Waals surface area contributed by atoms with Crippen molar-refractivity contribution in [2.45, 2.75) is 13.0 Å². The van der Waals surface area contributed by atoms with E-state index in [2.05, 4.69) is 10.3 Å². The summed E-state index contributed by atoms with van der Waals surface area (Å²) >= 11 is 13.6. The van der Waals surface area contributed by atoms with Gasteiger partial charge < -0.3 is 5.32 Å². The topological polar surface area (TPSA) is 24.9 Å². The van der Waals surface area contributed by atoms with E-state index < -0.39 is 0 Å². The minimum Gasteiger partial charge on any atom is -0.376 e. The maximum absolute atomic E-state index is 6.09. The van der Waals surface area contributed by atoms with Crippen molar-refractivity contribution in [1.82, 2.24) is 4.98 Å². The van der Waals surface area contributed by atoms with Crippen LogP contribution in [0.15, 0.2) is 29.1 Å². The summed E-state index contributed by atoms with van der Waals surface area (Å²) < 4.78 is 0. The highest BCUT2D eigenvalue weighted by atomic mass is 35.5. The average molecular weight is 273 g/mol. The van der Waals surface area contributed by atoms with Gasteiger partial charge >= 0.3 is 0 Å². The lowest BCUT2D eigenvalue weighted by Crippen LogP contribution is -2.07. The highest BCUT2D eigenvalue weighted by Crippen LogP contribution is 2.31.